The van der Waals surface area contributed by atoms with Crippen LogP contribution in [0.4, 0.5) is 10.1 Å². The van der Waals surface area contributed by atoms with Gasteiger partial charge in [-0.1, -0.05) is 41.9 Å². The number of rotatable bonds is 11. The second kappa shape index (κ2) is 12.1. The average Bonchev–Trinajstić information content (AvgIpc) is 3.23. The molecule has 0 saturated carbocycles. The highest BCUT2D eigenvalue weighted by Gasteiger charge is 2.18. The number of benzene rings is 2. The van der Waals surface area contributed by atoms with E-state index in [1.54, 1.807) is 36.2 Å². The molecule has 0 aliphatic rings. The van der Waals surface area contributed by atoms with E-state index in [-0.39, 0.29) is 24.1 Å². The summed E-state index contributed by atoms with van der Waals surface area (Å²) in [6.45, 7) is 1.48. The molecule has 1 N–H and O–H groups in total. The monoisotopic (exact) mass is 501 g/mol. The van der Waals surface area contributed by atoms with Gasteiger partial charge in [-0.25, -0.2) is 4.39 Å². The Morgan fingerprint density at radius 3 is 2.56 bits per heavy atom. The van der Waals surface area contributed by atoms with E-state index in [0.717, 1.165) is 29.5 Å². The third-order valence-corrected chi connectivity index (χ3v) is 6.71. The first-order chi connectivity index (χ1) is 16.3. The normalized spacial score (nSPS) is 11.9. The number of carbonyl (C=O) groups is 2. The van der Waals surface area contributed by atoms with Crippen molar-refractivity contribution in [2.45, 2.75) is 13.0 Å². The van der Waals surface area contributed by atoms with E-state index in [4.69, 9.17) is 11.6 Å². The molecule has 180 valence electrons. The third kappa shape index (κ3) is 6.88. The van der Waals surface area contributed by atoms with Gasteiger partial charge in [0.2, 0.25) is 0 Å². The summed E-state index contributed by atoms with van der Waals surface area (Å²) < 4.78 is 15.7. The molecule has 1 amide bonds. The van der Waals surface area contributed by atoms with E-state index in [1.165, 1.54) is 11.3 Å². The number of hydrogen-bond donors (Lipinski definition) is 1. The number of anilines is 1. The molecular formula is C26H29ClFN3O2S. The van der Waals surface area contributed by atoms with Gasteiger partial charge in [-0.05, 0) is 55.1 Å². The Bertz CT molecular complexity index is 1130. The van der Waals surface area contributed by atoms with Gasteiger partial charge in [-0.15, -0.1) is 11.3 Å². The molecule has 1 unspecified atom stereocenters. The second-order valence-corrected chi connectivity index (χ2v) is 10.2. The van der Waals surface area contributed by atoms with Crippen LogP contribution in [-0.2, 0) is 11.3 Å². The molecule has 1 heterocycles. The minimum Gasteiger partial charge on any atom is -0.372 e. The number of hydrogen-bond acceptors (Lipinski definition) is 5. The van der Waals surface area contributed by atoms with Gasteiger partial charge in [0.15, 0.2) is 0 Å². The molecule has 0 aliphatic heterocycles. The number of aldehydes is 1. The fourth-order valence-electron chi connectivity index (χ4n) is 3.87. The summed E-state index contributed by atoms with van der Waals surface area (Å²) in [5, 5.41) is 2.85. The fourth-order valence-corrected chi connectivity index (χ4v) is 4.83. The zero-order valence-corrected chi connectivity index (χ0v) is 21.1. The summed E-state index contributed by atoms with van der Waals surface area (Å²) >= 11 is 7.10. The van der Waals surface area contributed by atoms with Crippen LogP contribution in [0.5, 0.6) is 0 Å². The van der Waals surface area contributed by atoms with Gasteiger partial charge in [0.05, 0.1) is 14.9 Å². The van der Waals surface area contributed by atoms with Crippen LogP contribution in [0.25, 0.3) is 11.1 Å². The highest BCUT2D eigenvalue weighted by Crippen LogP contribution is 2.29. The minimum absolute atomic E-state index is 0.165. The van der Waals surface area contributed by atoms with E-state index < -0.39 is 0 Å². The Kier molecular flexibility index (Phi) is 9.21. The zero-order valence-electron chi connectivity index (χ0n) is 19.6. The van der Waals surface area contributed by atoms with Crippen LogP contribution in [0.3, 0.4) is 0 Å². The Balaban J connectivity index is 1.70. The first kappa shape index (κ1) is 25.9. The Labute approximate surface area is 209 Å². The molecule has 1 atom stereocenters. The maximum atomic E-state index is 15.2. The lowest BCUT2D eigenvalue weighted by Gasteiger charge is -2.26. The van der Waals surface area contributed by atoms with E-state index in [9.17, 15) is 9.59 Å². The van der Waals surface area contributed by atoms with E-state index in [2.05, 4.69) is 16.3 Å². The molecule has 0 aliphatic carbocycles. The summed E-state index contributed by atoms with van der Waals surface area (Å²) in [6.07, 6.45) is 1.08. The van der Waals surface area contributed by atoms with Gasteiger partial charge < -0.3 is 19.9 Å². The summed E-state index contributed by atoms with van der Waals surface area (Å²) in [5.41, 5.74) is 3.39. The predicted molar refractivity (Wildman–Crippen MR) is 138 cm³/mol. The maximum Gasteiger partial charge on any atom is 0.261 e. The number of carbonyl (C=O) groups excluding carboxylic acids is 2. The van der Waals surface area contributed by atoms with Crippen molar-refractivity contribution in [2.24, 2.45) is 5.92 Å². The minimum atomic E-state index is -0.332. The molecule has 34 heavy (non-hydrogen) atoms. The molecular weight excluding hydrogens is 473 g/mol. The molecule has 0 spiro atoms. The van der Waals surface area contributed by atoms with Crippen LogP contribution in [0.2, 0.25) is 4.34 Å². The smallest absolute Gasteiger partial charge is 0.261 e. The number of halogens is 2. The van der Waals surface area contributed by atoms with Crippen molar-refractivity contribution >= 4 is 40.8 Å². The lowest BCUT2D eigenvalue weighted by molar-refractivity contribution is -0.108. The molecule has 2 aromatic carbocycles. The molecule has 1 aromatic heterocycles. The second-order valence-electron chi connectivity index (χ2n) is 8.52. The number of thiophene rings is 1. The van der Waals surface area contributed by atoms with Gasteiger partial charge >= 0.3 is 0 Å². The molecule has 0 saturated heterocycles. The summed E-state index contributed by atoms with van der Waals surface area (Å²) in [4.78, 5) is 27.9. The third-order valence-electron chi connectivity index (χ3n) is 5.48. The number of amides is 1. The van der Waals surface area contributed by atoms with E-state index in [0.29, 0.717) is 28.0 Å². The number of nitrogens with one attached hydrogen (secondary N) is 1. The van der Waals surface area contributed by atoms with Crippen molar-refractivity contribution < 1.29 is 14.0 Å². The van der Waals surface area contributed by atoms with Crippen molar-refractivity contribution in [1.29, 1.82) is 0 Å². The van der Waals surface area contributed by atoms with Gasteiger partial charge in [0, 0.05) is 39.0 Å². The Hall–Kier alpha value is -2.74. The van der Waals surface area contributed by atoms with E-state index in [1.807, 2.05) is 38.4 Å². The van der Waals surface area contributed by atoms with Crippen LogP contribution in [-0.4, -0.2) is 51.3 Å². The lowest BCUT2D eigenvalue weighted by Crippen LogP contribution is -2.35. The lowest BCUT2D eigenvalue weighted by atomic mass is 9.98. The number of nitrogens with zero attached hydrogens (tertiary/aromatic N) is 2. The SMILES string of the molecule is CN(C)Cc1ccccc1-c1ccc(N(C)CC(CC=O)CNC(=O)c2ccc(Cl)s2)c(F)c1. The molecule has 0 fully saturated rings. The highest BCUT2D eigenvalue weighted by molar-refractivity contribution is 7.18. The van der Waals surface area contributed by atoms with E-state index >= 15 is 4.39 Å². The van der Waals surface area contributed by atoms with Gasteiger partial charge in [-0.2, -0.15) is 0 Å². The predicted octanol–water partition coefficient (Wildman–Crippen LogP) is 5.34. The standard InChI is InChI=1S/C26H29ClFN3O2S/c1-30(2)17-20-6-4-5-7-21(20)19-8-9-23(22(28)14-19)31(3)16-18(12-13-32)15-29-26(33)24-10-11-25(27)34-24/h4-11,13-14,18H,12,15-17H2,1-3H3,(H,29,33). The van der Waals surface area contributed by atoms with Gasteiger partial charge in [0.25, 0.3) is 5.91 Å². The van der Waals surface area contributed by atoms with Crippen LogP contribution < -0.4 is 10.2 Å². The summed E-state index contributed by atoms with van der Waals surface area (Å²) in [7, 11) is 5.79. The van der Waals surface area contributed by atoms with Crippen molar-refractivity contribution in [3.63, 3.8) is 0 Å². The first-order valence-electron chi connectivity index (χ1n) is 11.0. The zero-order chi connectivity index (χ0) is 24.7. The summed E-state index contributed by atoms with van der Waals surface area (Å²) in [6, 6.07) is 16.6. The van der Waals surface area contributed by atoms with Crippen LogP contribution in [0, 0.1) is 11.7 Å². The molecule has 3 rings (SSSR count). The Morgan fingerprint density at radius 1 is 1.15 bits per heavy atom. The molecule has 0 radical (unpaired) electrons. The summed E-state index contributed by atoms with van der Waals surface area (Å²) in [5.74, 6) is -0.731. The molecule has 0 bridgehead atoms. The Morgan fingerprint density at radius 2 is 1.91 bits per heavy atom. The highest BCUT2D eigenvalue weighted by atomic mass is 35.5. The van der Waals surface area contributed by atoms with Gasteiger partial charge in [0.1, 0.15) is 12.1 Å². The first-order valence-corrected chi connectivity index (χ1v) is 12.2. The molecule has 5 nitrogen and oxygen atoms in total. The van der Waals surface area contributed by atoms with Gasteiger partial charge in [-0.3, -0.25) is 4.79 Å². The van der Waals surface area contributed by atoms with Crippen molar-refractivity contribution in [3.05, 3.63) is 75.2 Å². The molecule has 8 heteroatoms. The van der Waals surface area contributed by atoms with Crippen molar-refractivity contribution in [1.82, 2.24) is 10.2 Å². The molecule has 3 aromatic rings. The maximum absolute atomic E-state index is 15.2. The average molecular weight is 502 g/mol. The fraction of sp³-hybridized carbons (Fsp3) is 0.308. The van der Waals surface area contributed by atoms with Crippen LogP contribution in [0.15, 0.2) is 54.6 Å². The topological polar surface area (TPSA) is 52.6 Å². The van der Waals surface area contributed by atoms with Crippen LogP contribution in [0.1, 0.15) is 21.7 Å². The van der Waals surface area contributed by atoms with Crippen molar-refractivity contribution in [3.8, 4) is 11.1 Å². The quantitative estimate of drug-likeness (QED) is 0.360. The van der Waals surface area contributed by atoms with Crippen molar-refractivity contribution in [2.75, 3.05) is 39.1 Å². The largest absolute Gasteiger partial charge is 0.372 e. The van der Waals surface area contributed by atoms with Crippen LogP contribution >= 0.6 is 22.9 Å².